The number of benzene rings is 1. The Labute approximate surface area is 102 Å². The Bertz CT molecular complexity index is 382. The maximum atomic E-state index is 12.9. The van der Waals surface area contributed by atoms with E-state index >= 15 is 0 Å². The van der Waals surface area contributed by atoms with Gasteiger partial charge in [-0.15, -0.1) is 0 Å². The Kier molecular flexibility index (Phi) is 2.91. The molecule has 3 atom stereocenters. The maximum absolute atomic E-state index is 12.9. The summed E-state index contributed by atoms with van der Waals surface area (Å²) < 4.78 is 12.9. The lowest BCUT2D eigenvalue weighted by Gasteiger charge is -2.18. The van der Waals surface area contributed by atoms with Crippen molar-refractivity contribution in [2.75, 3.05) is 6.54 Å². The van der Waals surface area contributed by atoms with Gasteiger partial charge in [-0.05, 0) is 61.3 Å². The molecule has 0 aliphatic heterocycles. The van der Waals surface area contributed by atoms with Gasteiger partial charge in [-0.1, -0.05) is 19.1 Å². The number of halogens is 1. The fourth-order valence-corrected chi connectivity index (χ4v) is 2.62. The number of hydrogen-bond acceptors (Lipinski definition) is 1. The molecule has 17 heavy (non-hydrogen) atoms. The molecule has 0 aromatic heterocycles. The highest BCUT2D eigenvalue weighted by Gasteiger charge is 2.36. The minimum Gasteiger partial charge on any atom is -0.309 e. The molecular weight excluding hydrogens is 213 g/mol. The van der Waals surface area contributed by atoms with Crippen molar-refractivity contribution < 1.29 is 4.39 Å². The Morgan fingerprint density at radius 2 is 1.94 bits per heavy atom. The van der Waals surface area contributed by atoms with Crippen molar-refractivity contribution in [2.45, 2.75) is 32.2 Å². The fraction of sp³-hybridized carbons (Fsp3) is 0.600. The van der Waals surface area contributed by atoms with Crippen molar-refractivity contribution in [3.8, 4) is 0 Å². The first-order valence-electron chi connectivity index (χ1n) is 6.73. The number of rotatable bonds is 5. The molecule has 2 aliphatic rings. The van der Waals surface area contributed by atoms with Crippen LogP contribution < -0.4 is 5.32 Å². The number of hydrogen-bond donors (Lipinski definition) is 1. The molecule has 1 nitrogen and oxygen atoms in total. The van der Waals surface area contributed by atoms with Crippen LogP contribution in [-0.2, 0) is 0 Å². The summed E-state index contributed by atoms with van der Waals surface area (Å²) >= 11 is 0. The van der Waals surface area contributed by atoms with E-state index in [0.717, 1.165) is 24.3 Å². The average Bonchev–Trinajstić information content (AvgIpc) is 3.20. The Hall–Kier alpha value is -0.890. The maximum Gasteiger partial charge on any atom is 0.123 e. The lowest BCUT2D eigenvalue weighted by molar-refractivity contribution is 0.461. The van der Waals surface area contributed by atoms with Crippen molar-refractivity contribution in [2.24, 2.45) is 17.8 Å². The van der Waals surface area contributed by atoms with E-state index in [1.165, 1.54) is 24.8 Å². The number of nitrogens with one attached hydrogen (secondary N) is 1. The molecule has 0 bridgehead atoms. The third-order valence-electron chi connectivity index (χ3n) is 4.20. The zero-order valence-corrected chi connectivity index (χ0v) is 10.3. The smallest absolute Gasteiger partial charge is 0.123 e. The van der Waals surface area contributed by atoms with Crippen LogP contribution in [0.1, 0.15) is 37.8 Å². The summed E-state index contributed by atoms with van der Waals surface area (Å²) in [6, 6.07) is 7.46. The summed E-state index contributed by atoms with van der Waals surface area (Å²) in [4.78, 5) is 0. The molecule has 0 radical (unpaired) electrons. The van der Waals surface area contributed by atoms with Gasteiger partial charge in [0.1, 0.15) is 5.82 Å². The highest BCUT2D eigenvalue weighted by Crippen LogP contribution is 2.42. The molecular formula is C15H20FN. The van der Waals surface area contributed by atoms with Gasteiger partial charge >= 0.3 is 0 Å². The van der Waals surface area contributed by atoms with Gasteiger partial charge < -0.3 is 5.32 Å². The largest absolute Gasteiger partial charge is 0.309 e. The van der Waals surface area contributed by atoms with Crippen molar-refractivity contribution >= 4 is 0 Å². The zero-order valence-electron chi connectivity index (χ0n) is 10.3. The van der Waals surface area contributed by atoms with Gasteiger partial charge in [0, 0.05) is 6.04 Å². The topological polar surface area (TPSA) is 12.0 Å². The molecule has 0 spiro atoms. The van der Waals surface area contributed by atoms with E-state index < -0.39 is 0 Å². The van der Waals surface area contributed by atoms with E-state index in [1.54, 1.807) is 12.1 Å². The molecule has 3 unspecified atom stereocenters. The first-order chi connectivity index (χ1) is 8.24. The summed E-state index contributed by atoms with van der Waals surface area (Å²) in [5.41, 5.74) is 1.25. The summed E-state index contributed by atoms with van der Waals surface area (Å²) in [6.45, 7) is 3.44. The van der Waals surface area contributed by atoms with E-state index in [9.17, 15) is 4.39 Å². The minimum absolute atomic E-state index is 0.140. The van der Waals surface area contributed by atoms with Crippen molar-refractivity contribution in [3.63, 3.8) is 0 Å². The van der Waals surface area contributed by atoms with Crippen LogP contribution in [0, 0.1) is 23.6 Å². The van der Waals surface area contributed by atoms with Crippen LogP contribution in [0.3, 0.4) is 0 Å². The predicted octanol–water partition coefficient (Wildman–Crippen LogP) is 3.52. The summed E-state index contributed by atoms with van der Waals surface area (Å²) in [7, 11) is 0. The Balaban J connectivity index is 1.64. The van der Waals surface area contributed by atoms with Gasteiger partial charge in [0.25, 0.3) is 0 Å². The first kappa shape index (κ1) is 11.2. The van der Waals surface area contributed by atoms with Crippen molar-refractivity contribution in [1.29, 1.82) is 0 Å². The Morgan fingerprint density at radius 1 is 1.29 bits per heavy atom. The van der Waals surface area contributed by atoms with Gasteiger partial charge in [0.15, 0.2) is 0 Å². The van der Waals surface area contributed by atoms with Crippen LogP contribution in [0.15, 0.2) is 24.3 Å². The van der Waals surface area contributed by atoms with Crippen molar-refractivity contribution in [3.05, 3.63) is 35.6 Å². The predicted molar refractivity (Wildman–Crippen MR) is 67.1 cm³/mol. The van der Waals surface area contributed by atoms with Crippen molar-refractivity contribution in [1.82, 2.24) is 5.32 Å². The van der Waals surface area contributed by atoms with Crippen LogP contribution >= 0.6 is 0 Å². The standard InChI is InChI=1S/C15H20FN/c1-10-8-13(10)9-17-15(11-2-3-11)12-4-6-14(16)7-5-12/h4-7,10-11,13,15,17H,2-3,8-9H2,1H3. The van der Waals surface area contributed by atoms with E-state index in [4.69, 9.17) is 0 Å². The molecule has 2 aliphatic carbocycles. The van der Waals surface area contributed by atoms with Gasteiger partial charge in [0.2, 0.25) is 0 Å². The van der Waals surface area contributed by atoms with Crippen LogP contribution in [0.5, 0.6) is 0 Å². The lowest BCUT2D eigenvalue weighted by Crippen LogP contribution is -2.25. The molecule has 2 saturated carbocycles. The molecule has 2 heteroatoms. The Morgan fingerprint density at radius 3 is 2.47 bits per heavy atom. The average molecular weight is 233 g/mol. The summed E-state index contributed by atoms with van der Waals surface area (Å²) in [5, 5.41) is 3.69. The normalized spacial score (nSPS) is 29.1. The third kappa shape index (κ3) is 2.68. The van der Waals surface area contributed by atoms with Crippen LogP contribution in [0.25, 0.3) is 0 Å². The fourth-order valence-electron chi connectivity index (χ4n) is 2.62. The molecule has 0 heterocycles. The first-order valence-corrected chi connectivity index (χ1v) is 6.73. The van der Waals surface area contributed by atoms with Gasteiger partial charge in [0.05, 0.1) is 0 Å². The highest BCUT2D eigenvalue weighted by atomic mass is 19.1. The van der Waals surface area contributed by atoms with E-state index in [0.29, 0.717) is 6.04 Å². The lowest BCUT2D eigenvalue weighted by atomic mass is 10.0. The minimum atomic E-state index is -0.140. The SMILES string of the molecule is CC1CC1CNC(c1ccc(F)cc1)C1CC1. The zero-order chi connectivity index (χ0) is 11.8. The molecule has 1 aromatic rings. The second kappa shape index (κ2) is 4.41. The van der Waals surface area contributed by atoms with Gasteiger partial charge in [-0.3, -0.25) is 0 Å². The molecule has 1 N–H and O–H groups in total. The van der Waals surface area contributed by atoms with E-state index in [2.05, 4.69) is 12.2 Å². The van der Waals surface area contributed by atoms with E-state index in [-0.39, 0.29) is 5.82 Å². The molecule has 2 fully saturated rings. The van der Waals surface area contributed by atoms with Gasteiger partial charge in [-0.25, -0.2) is 4.39 Å². The highest BCUT2D eigenvalue weighted by molar-refractivity contribution is 5.22. The molecule has 0 saturated heterocycles. The van der Waals surface area contributed by atoms with Crippen LogP contribution in [0.4, 0.5) is 4.39 Å². The molecule has 92 valence electrons. The second-order valence-corrected chi connectivity index (χ2v) is 5.75. The molecule has 1 aromatic carbocycles. The molecule has 3 rings (SSSR count). The third-order valence-corrected chi connectivity index (χ3v) is 4.20. The quantitative estimate of drug-likeness (QED) is 0.820. The molecule has 0 amide bonds. The van der Waals surface area contributed by atoms with E-state index in [1.807, 2.05) is 12.1 Å². The monoisotopic (exact) mass is 233 g/mol. The van der Waals surface area contributed by atoms with Gasteiger partial charge in [-0.2, -0.15) is 0 Å². The van der Waals surface area contributed by atoms with Crippen LogP contribution in [0.2, 0.25) is 0 Å². The summed E-state index contributed by atoms with van der Waals surface area (Å²) in [6.07, 6.45) is 4.00. The van der Waals surface area contributed by atoms with Crippen LogP contribution in [-0.4, -0.2) is 6.54 Å². The second-order valence-electron chi connectivity index (χ2n) is 5.75. The summed E-state index contributed by atoms with van der Waals surface area (Å²) in [5.74, 6) is 2.40.